The van der Waals surface area contributed by atoms with Crippen molar-refractivity contribution < 1.29 is 14.0 Å². The van der Waals surface area contributed by atoms with Crippen molar-refractivity contribution in [3.05, 3.63) is 112 Å². The van der Waals surface area contributed by atoms with Gasteiger partial charge in [0.25, 0.3) is 11.5 Å². The van der Waals surface area contributed by atoms with Crippen LogP contribution >= 0.6 is 0 Å². The Bertz CT molecular complexity index is 1620. The zero-order chi connectivity index (χ0) is 27.7. The molecule has 2 aromatic heterocycles. The lowest BCUT2D eigenvalue weighted by molar-refractivity contribution is 0.0637. The molecular formula is C31H28FN5O3. The molecule has 1 spiro atoms. The lowest BCUT2D eigenvalue weighted by Gasteiger charge is -2.52. The zero-order valence-electron chi connectivity index (χ0n) is 21.9. The number of hydrogen-bond donors (Lipinski definition) is 0. The van der Waals surface area contributed by atoms with Crippen molar-refractivity contribution in [1.82, 2.24) is 19.4 Å². The first-order valence-electron chi connectivity index (χ1n) is 13.4. The van der Waals surface area contributed by atoms with E-state index in [4.69, 9.17) is 4.98 Å². The summed E-state index contributed by atoms with van der Waals surface area (Å²) in [6, 6.07) is 21.7. The van der Waals surface area contributed by atoms with Gasteiger partial charge in [0.15, 0.2) is 5.78 Å². The van der Waals surface area contributed by atoms with E-state index in [-0.39, 0.29) is 23.8 Å². The fraction of sp³-hybridized carbons (Fsp3) is 0.258. The molecule has 9 heteroatoms. The largest absolute Gasteiger partial charge is 0.338 e. The van der Waals surface area contributed by atoms with Crippen LogP contribution in [0.4, 0.5) is 10.3 Å². The van der Waals surface area contributed by atoms with Crippen molar-refractivity contribution in [1.29, 1.82) is 0 Å². The Balaban J connectivity index is 1.36. The lowest BCUT2D eigenvalue weighted by Crippen LogP contribution is -2.61. The maximum absolute atomic E-state index is 13.8. The van der Waals surface area contributed by atoms with E-state index in [1.165, 1.54) is 24.3 Å². The first-order valence-corrected chi connectivity index (χ1v) is 13.4. The molecular weight excluding hydrogens is 509 g/mol. The molecule has 202 valence electrons. The third kappa shape index (κ3) is 4.79. The molecule has 2 aromatic carbocycles. The first kappa shape index (κ1) is 25.6. The number of carbonyl (C=O) groups excluding carboxylic acids is 2. The number of benzene rings is 2. The minimum atomic E-state index is -0.481. The predicted octanol–water partition coefficient (Wildman–Crippen LogP) is 4.21. The van der Waals surface area contributed by atoms with Gasteiger partial charge >= 0.3 is 0 Å². The smallest absolute Gasteiger partial charge is 0.255 e. The average molecular weight is 538 g/mol. The number of Topliss-reactive ketones (excluding diaryl/α,β-unsaturated/α-hetero) is 1. The van der Waals surface area contributed by atoms with E-state index in [0.717, 1.165) is 0 Å². The molecule has 8 nitrogen and oxygen atoms in total. The highest BCUT2D eigenvalue weighted by Crippen LogP contribution is 2.39. The highest BCUT2D eigenvalue weighted by molar-refractivity contribution is 5.99. The summed E-state index contributed by atoms with van der Waals surface area (Å²) in [7, 11) is 0. The summed E-state index contributed by atoms with van der Waals surface area (Å²) in [5.41, 5.74) is 1.24. The van der Waals surface area contributed by atoms with Crippen LogP contribution in [-0.4, -0.2) is 56.3 Å². The van der Waals surface area contributed by atoms with Crippen LogP contribution in [-0.2, 0) is 6.54 Å². The molecule has 1 amide bonds. The summed E-state index contributed by atoms with van der Waals surface area (Å²) in [5, 5.41) is 0. The second kappa shape index (κ2) is 10.5. The number of likely N-dealkylation sites (tertiary alicyclic amines) is 1. The number of ketones is 1. The van der Waals surface area contributed by atoms with Crippen molar-refractivity contribution in [2.24, 2.45) is 0 Å². The van der Waals surface area contributed by atoms with Crippen LogP contribution in [0.1, 0.15) is 40.0 Å². The second-order valence-electron chi connectivity index (χ2n) is 10.3. The van der Waals surface area contributed by atoms with Crippen LogP contribution in [0.15, 0.2) is 89.9 Å². The van der Waals surface area contributed by atoms with Gasteiger partial charge in [0.1, 0.15) is 5.82 Å². The Morgan fingerprint density at radius 2 is 1.55 bits per heavy atom. The number of carbonyl (C=O) groups is 2. The molecule has 1 fully saturated rings. The lowest BCUT2D eigenvalue weighted by atomic mass is 9.81. The van der Waals surface area contributed by atoms with E-state index in [1.54, 1.807) is 46.0 Å². The molecule has 0 unspecified atom stereocenters. The predicted molar refractivity (Wildman–Crippen MR) is 149 cm³/mol. The number of aromatic nitrogens is 3. The van der Waals surface area contributed by atoms with Gasteiger partial charge in [0, 0.05) is 48.6 Å². The number of pyridine rings is 1. The van der Waals surface area contributed by atoms with E-state index in [2.05, 4.69) is 4.98 Å². The fourth-order valence-electron chi connectivity index (χ4n) is 5.77. The Labute approximate surface area is 230 Å². The van der Waals surface area contributed by atoms with E-state index in [9.17, 15) is 18.8 Å². The molecule has 4 heterocycles. The average Bonchev–Trinajstić information content (AvgIpc) is 2.99. The molecule has 0 bridgehead atoms. The molecule has 0 aliphatic carbocycles. The van der Waals surface area contributed by atoms with E-state index >= 15 is 0 Å². The van der Waals surface area contributed by atoms with Crippen LogP contribution in [0.5, 0.6) is 0 Å². The third-order valence-electron chi connectivity index (χ3n) is 7.98. The first-order chi connectivity index (χ1) is 19.4. The standard InChI is InChI=1S/C31H28FN5O3/c32-24-10-6-9-23(19-24)29(40)35-16-12-31(13-17-35)14-18-36-28(39)20-26(25-11-4-5-15-33-25)34-30(36)37(31)21-27(38)22-7-2-1-3-8-22/h1-11,15,19-20H,12-14,16-18,21H2. The summed E-state index contributed by atoms with van der Waals surface area (Å²) in [6.07, 6.45) is 3.45. The van der Waals surface area contributed by atoms with Crippen LogP contribution < -0.4 is 10.5 Å². The maximum atomic E-state index is 13.8. The number of fused-ring (bicyclic) bond motifs is 1. The summed E-state index contributed by atoms with van der Waals surface area (Å²) in [4.78, 5) is 52.9. The van der Waals surface area contributed by atoms with E-state index in [1.807, 2.05) is 29.2 Å². The molecule has 0 atom stereocenters. The van der Waals surface area contributed by atoms with Crippen molar-refractivity contribution in [3.8, 4) is 11.4 Å². The van der Waals surface area contributed by atoms with Crippen LogP contribution in [0.2, 0.25) is 0 Å². The Morgan fingerprint density at radius 3 is 2.27 bits per heavy atom. The molecule has 2 aliphatic rings. The third-order valence-corrected chi connectivity index (χ3v) is 7.98. The molecule has 0 N–H and O–H groups in total. The number of halogens is 1. The second-order valence-corrected chi connectivity index (χ2v) is 10.3. The number of rotatable bonds is 5. The minimum absolute atomic E-state index is 0.0416. The van der Waals surface area contributed by atoms with Gasteiger partial charge in [-0.15, -0.1) is 0 Å². The van der Waals surface area contributed by atoms with Crippen molar-refractivity contribution >= 4 is 17.6 Å². The van der Waals surface area contributed by atoms with Crippen LogP contribution in [0.3, 0.4) is 0 Å². The van der Waals surface area contributed by atoms with Crippen molar-refractivity contribution in [3.63, 3.8) is 0 Å². The highest BCUT2D eigenvalue weighted by atomic mass is 19.1. The quantitative estimate of drug-likeness (QED) is 0.355. The van der Waals surface area contributed by atoms with Gasteiger partial charge in [-0.25, -0.2) is 9.37 Å². The van der Waals surface area contributed by atoms with Gasteiger partial charge < -0.3 is 9.80 Å². The maximum Gasteiger partial charge on any atom is 0.255 e. The molecule has 6 rings (SSSR count). The van der Waals surface area contributed by atoms with Gasteiger partial charge in [-0.05, 0) is 49.6 Å². The van der Waals surface area contributed by atoms with Crippen molar-refractivity contribution in [2.75, 3.05) is 24.5 Å². The van der Waals surface area contributed by atoms with Gasteiger partial charge in [-0.3, -0.25) is 23.9 Å². The monoisotopic (exact) mass is 537 g/mol. The topological polar surface area (TPSA) is 88.4 Å². The van der Waals surface area contributed by atoms with Gasteiger partial charge in [-0.1, -0.05) is 42.5 Å². The summed E-state index contributed by atoms with van der Waals surface area (Å²) < 4.78 is 15.4. The summed E-state index contributed by atoms with van der Waals surface area (Å²) in [5.74, 6) is -0.309. The SMILES string of the molecule is O=C(CN1c2nc(-c3ccccn3)cc(=O)n2CCC12CCN(C(=O)c1cccc(F)c1)CC2)c1ccccc1. The summed E-state index contributed by atoms with van der Waals surface area (Å²) in [6.45, 7) is 1.38. The number of amides is 1. The number of anilines is 1. The van der Waals surface area contributed by atoms with E-state index < -0.39 is 11.4 Å². The number of nitrogens with zero attached hydrogens (tertiary/aromatic N) is 5. The summed E-state index contributed by atoms with van der Waals surface area (Å²) >= 11 is 0. The van der Waals surface area contributed by atoms with Crippen LogP contribution in [0.25, 0.3) is 11.4 Å². The normalized spacial score (nSPS) is 16.0. The molecule has 0 saturated carbocycles. The molecule has 4 aromatic rings. The Kier molecular flexibility index (Phi) is 6.71. The van der Waals surface area contributed by atoms with E-state index in [0.29, 0.717) is 67.4 Å². The molecule has 2 aliphatic heterocycles. The van der Waals surface area contributed by atoms with Gasteiger partial charge in [0.05, 0.1) is 17.9 Å². The fourth-order valence-corrected chi connectivity index (χ4v) is 5.77. The van der Waals surface area contributed by atoms with Gasteiger partial charge in [0.2, 0.25) is 5.95 Å². The zero-order valence-corrected chi connectivity index (χ0v) is 21.9. The Morgan fingerprint density at radius 1 is 0.825 bits per heavy atom. The Hall–Kier alpha value is -4.66. The molecule has 1 saturated heterocycles. The van der Waals surface area contributed by atoms with Gasteiger partial charge in [-0.2, -0.15) is 0 Å². The van der Waals surface area contributed by atoms with Crippen molar-refractivity contribution in [2.45, 2.75) is 31.3 Å². The number of piperidine rings is 1. The highest BCUT2D eigenvalue weighted by Gasteiger charge is 2.46. The van der Waals surface area contributed by atoms with Crippen LogP contribution in [0, 0.1) is 5.82 Å². The molecule has 40 heavy (non-hydrogen) atoms. The molecule has 0 radical (unpaired) electrons. The minimum Gasteiger partial charge on any atom is -0.338 e. The number of hydrogen-bond acceptors (Lipinski definition) is 6.